The minimum atomic E-state index is -1.17. The van der Waals surface area contributed by atoms with Crippen molar-refractivity contribution in [2.75, 3.05) is 0 Å². The molecule has 0 fully saturated rings. The number of carboxylic acids is 1. The van der Waals surface area contributed by atoms with Gasteiger partial charge in [0.25, 0.3) is 5.97 Å². The van der Waals surface area contributed by atoms with Crippen molar-refractivity contribution < 1.29 is 9.90 Å². The summed E-state index contributed by atoms with van der Waals surface area (Å²) in [6.45, 7) is 5.72. The molecule has 1 aromatic carbocycles. The van der Waals surface area contributed by atoms with Crippen molar-refractivity contribution in [2.45, 2.75) is 42.5 Å². The van der Waals surface area contributed by atoms with E-state index >= 15 is 0 Å². The van der Waals surface area contributed by atoms with Crippen LogP contribution in [0, 0.1) is 0 Å². The Morgan fingerprint density at radius 3 is 1.88 bits per heavy atom. The van der Waals surface area contributed by atoms with Gasteiger partial charge in [0.05, 0.1) is 0 Å². The molecule has 0 atom stereocenters. The standard InChI is InChI=1S/C6H5.2C3H7.C2H4O2.Sn/c1-2-4-6-5-3-1;2*1-3-2;1-2(3)4;/h1-5H;2*1,3H2,2H3;1H3,(H,3,4);. The average molecular weight is 342 g/mol. The molecular formula is C14H23O2Sn. The summed E-state index contributed by atoms with van der Waals surface area (Å²) >= 11 is -1.17. The first-order chi connectivity index (χ1) is 8.11. The van der Waals surface area contributed by atoms with E-state index in [9.17, 15) is 0 Å². The summed E-state index contributed by atoms with van der Waals surface area (Å²) in [7, 11) is 0. The van der Waals surface area contributed by atoms with Crippen molar-refractivity contribution in [3.05, 3.63) is 30.3 Å². The fraction of sp³-hybridized carbons (Fsp3) is 0.500. The van der Waals surface area contributed by atoms with Crippen LogP contribution in [0.5, 0.6) is 0 Å². The van der Waals surface area contributed by atoms with Crippen molar-refractivity contribution >= 4 is 29.3 Å². The zero-order valence-corrected chi connectivity index (χ0v) is 13.9. The molecule has 0 amide bonds. The summed E-state index contributed by atoms with van der Waals surface area (Å²) in [4.78, 5) is 9.00. The van der Waals surface area contributed by atoms with Gasteiger partial charge < -0.3 is 5.11 Å². The summed E-state index contributed by atoms with van der Waals surface area (Å²) in [6, 6.07) is 11.2. The summed E-state index contributed by atoms with van der Waals surface area (Å²) in [6.07, 6.45) is 2.76. The Kier molecular flexibility index (Phi) is 10.3. The molecule has 0 aliphatic rings. The van der Waals surface area contributed by atoms with Crippen LogP contribution < -0.4 is 3.58 Å². The van der Waals surface area contributed by atoms with Gasteiger partial charge in [0, 0.05) is 6.92 Å². The van der Waals surface area contributed by atoms with E-state index in [0.717, 1.165) is 6.92 Å². The van der Waals surface area contributed by atoms with Crippen LogP contribution in [0.3, 0.4) is 0 Å². The molecule has 0 unspecified atom stereocenters. The van der Waals surface area contributed by atoms with E-state index in [-0.39, 0.29) is 0 Å². The predicted molar refractivity (Wildman–Crippen MR) is 75.3 cm³/mol. The maximum atomic E-state index is 9.00. The molecule has 1 radical (unpaired) electrons. The van der Waals surface area contributed by atoms with Crippen LogP contribution in [-0.2, 0) is 4.79 Å². The average Bonchev–Trinajstić information content (AvgIpc) is 2.29. The van der Waals surface area contributed by atoms with Crippen molar-refractivity contribution in [3.63, 3.8) is 0 Å². The van der Waals surface area contributed by atoms with E-state index in [1.54, 1.807) is 3.58 Å². The van der Waals surface area contributed by atoms with Crippen molar-refractivity contribution in [1.82, 2.24) is 0 Å². The van der Waals surface area contributed by atoms with Crippen molar-refractivity contribution in [2.24, 2.45) is 0 Å². The van der Waals surface area contributed by atoms with Gasteiger partial charge in [-0.25, -0.2) is 0 Å². The molecule has 2 nitrogen and oxygen atoms in total. The summed E-state index contributed by atoms with van der Waals surface area (Å²) in [5.41, 5.74) is 0. The van der Waals surface area contributed by atoms with Gasteiger partial charge in [0.2, 0.25) is 0 Å². The molecule has 95 valence electrons. The second kappa shape index (κ2) is 10.6. The number of hydrogen-bond donors (Lipinski definition) is 1. The third-order valence-electron chi connectivity index (χ3n) is 2.29. The summed E-state index contributed by atoms with van der Waals surface area (Å²) in [5, 5.41) is 7.42. The van der Waals surface area contributed by atoms with Crippen LogP contribution >= 0.6 is 0 Å². The molecule has 0 heterocycles. The Morgan fingerprint density at radius 2 is 1.53 bits per heavy atom. The molecule has 17 heavy (non-hydrogen) atoms. The predicted octanol–water partition coefficient (Wildman–Crippen LogP) is 3.30. The molecule has 0 aliphatic carbocycles. The number of rotatable bonds is 5. The molecule has 0 aliphatic heterocycles. The molecule has 0 bridgehead atoms. The number of carbonyl (C=O) groups is 1. The third kappa shape index (κ3) is 9.21. The van der Waals surface area contributed by atoms with E-state index in [4.69, 9.17) is 9.90 Å². The van der Waals surface area contributed by atoms with Crippen molar-refractivity contribution in [3.8, 4) is 0 Å². The SMILES string of the molecule is CC(=O)O.CC[CH2][Sn]([CH2]CC)[c]1ccccc1. The van der Waals surface area contributed by atoms with Gasteiger partial charge in [-0.05, 0) is 0 Å². The molecule has 3 heteroatoms. The Labute approximate surface area is 112 Å². The minimum absolute atomic E-state index is 0.833. The summed E-state index contributed by atoms with van der Waals surface area (Å²) in [5.74, 6) is -0.833. The Morgan fingerprint density at radius 1 is 1.12 bits per heavy atom. The first-order valence-electron chi connectivity index (χ1n) is 6.21. The summed E-state index contributed by atoms with van der Waals surface area (Å²) < 4.78 is 4.77. The van der Waals surface area contributed by atoms with Crippen LogP contribution in [0.15, 0.2) is 30.3 Å². The molecule has 1 aromatic rings. The second-order valence-electron chi connectivity index (χ2n) is 3.99. The van der Waals surface area contributed by atoms with Gasteiger partial charge in [-0.1, -0.05) is 0 Å². The number of benzene rings is 1. The van der Waals surface area contributed by atoms with Crippen LogP contribution in [0.1, 0.15) is 33.6 Å². The normalized spacial score (nSPS) is 9.65. The van der Waals surface area contributed by atoms with Crippen LogP contribution in [0.4, 0.5) is 0 Å². The second-order valence-corrected chi connectivity index (χ2v) is 11.9. The van der Waals surface area contributed by atoms with E-state index in [1.807, 2.05) is 0 Å². The van der Waals surface area contributed by atoms with E-state index in [2.05, 4.69) is 44.2 Å². The van der Waals surface area contributed by atoms with Gasteiger partial charge in [-0.15, -0.1) is 0 Å². The Balaban J connectivity index is 0.000000557. The number of hydrogen-bond acceptors (Lipinski definition) is 1. The number of carboxylic acid groups (broad SMARTS) is 1. The zero-order valence-electron chi connectivity index (χ0n) is 11.1. The fourth-order valence-electron chi connectivity index (χ4n) is 1.69. The van der Waals surface area contributed by atoms with E-state index in [0.29, 0.717) is 0 Å². The molecule has 1 N–H and O–H groups in total. The Hall–Kier alpha value is -0.511. The zero-order chi connectivity index (χ0) is 13.1. The van der Waals surface area contributed by atoms with Gasteiger partial charge >= 0.3 is 89.2 Å². The third-order valence-corrected chi connectivity index (χ3v) is 11.9. The van der Waals surface area contributed by atoms with Gasteiger partial charge in [0.1, 0.15) is 0 Å². The van der Waals surface area contributed by atoms with E-state index in [1.165, 1.54) is 21.7 Å². The maximum absolute atomic E-state index is 9.00. The van der Waals surface area contributed by atoms with E-state index < -0.39 is 25.7 Å². The van der Waals surface area contributed by atoms with Crippen LogP contribution in [-0.4, -0.2) is 30.8 Å². The first kappa shape index (κ1) is 16.5. The number of aliphatic carboxylic acids is 1. The Bertz CT molecular complexity index is 288. The topological polar surface area (TPSA) is 37.3 Å². The van der Waals surface area contributed by atoms with Crippen LogP contribution in [0.25, 0.3) is 0 Å². The van der Waals surface area contributed by atoms with Gasteiger partial charge in [-0.3, -0.25) is 4.79 Å². The van der Waals surface area contributed by atoms with Crippen molar-refractivity contribution in [1.29, 1.82) is 0 Å². The molecule has 0 saturated heterocycles. The molecule has 0 saturated carbocycles. The molecule has 1 rings (SSSR count). The molecule has 0 aromatic heterocycles. The molecular weight excluding hydrogens is 319 g/mol. The first-order valence-corrected chi connectivity index (χ1v) is 11.7. The van der Waals surface area contributed by atoms with Gasteiger partial charge in [-0.2, -0.15) is 0 Å². The van der Waals surface area contributed by atoms with Crippen LogP contribution in [0.2, 0.25) is 8.87 Å². The monoisotopic (exact) mass is 343 g/mol. The molecule has 0 spiro atoms. The quantitative estimate of drug-likeness (QED) is 0.834. The van der Waals surface area contributed by atoms with Gasteiger partial charge in [0.15, 0.2) is 0 Å². The fourth-order valence-corrected chi connectivity index (χ4v) is 9.39.